The summed E-state index contributed by atoms with van der Waals surface area (Å²) in [5, 5.41) is 27.0. The van der Waals surface area contributed by atoms with Gasteiger partial charge in [-0.1, -0.05) is 39.5 Å². The molecule has 10 aromatic rings. The van der Waals surface area contributed by atoms with Crippen molar-refractivity contribution >= 4 is 60.9 Å². The summed E-state index contributed by atoms with van der Waals surface area (Å²) in [6.45, 7) is 16.8. The Morgan fingerprint density at radius 3 is 1.68 bits per heavy atom. The Morgan fingerprint density at radius 2 is 1.14 bits per heavy atom. The average Bonchev–Trinajstić information content (AvgIpc) is 4.25. The Hall–Kier alpha value is -7.84. The van der Waals surface area contributed by atoms with E-state index >= 15 is 0 Å². The number of hydrogen-bond donors (Lipinski definition) is 6. The second-order valence-corrected chi connectivity index (χ2v) is 19.1. The summed E-state index contributed by atoms with van der Waals surface area (Å²) in [7, 11) is 0. The first-order valence-electron chi connectivity index (χ1n) is 25.4. The molecule has 8 aromatic heterocycles. The van der Waals surface area contributed by atoms with Gasteiger partial charge in [-0.25, -0.2) is 9.97 Å². The molecule has 0 spiro atoms. The molecule has 0 aliphatic carbocycles. The van der Waals surface area contributed by atoms with Crippen molar-refractivity contribution in [3.05, 3.63) is 128 Å². The van der Waals surface area contributed by atoms with E-state index in [1.165, 1.54) is 55.5 Å². The molecule has 14 heteroatoms. The van der Waals surface area contributed by atoms with Gasteiger partial charge >= 0.3 is 0 Å². The summed E-state index contributed by atoms with van der Waals surface area (Å²) >= 11 is 0. The fraction of sp³-hybridized carbons (Fsp3) is 0.298. The molecule has 12 rings (SSSR count). The average molecular weight is 943 g/mol. The summed E-state index contributed by atoms with van der Waals surface area (Å²) in [5.41, 5.74) is 17.6. The highest BCUT2D eigenvalue weighted by atomic mass is 15.2. The van der Waals surface area contributed by atoms with Crippen LogP contribution in [-0.4, -0.2) is 83.0 Å². The molecular weight excluding hydrogens is 881 g/mol. The summed E-state index contributed by atoms with van der Waals surface area (Å²) < 4.78 is 0. The second kappa shape index (κ2) is 20.2. The highest BCUT2D eigenvalue weighted by molar-refractivity contribution is 6.01. The molecule has 0 bridgehead atoms. The van der Waals surface area contributed by atoms with Gasteiger partial charge in [0.25, 0.3) is 0 Å². The van der Waals surface area contributed by atoms with Crippen molar-refractivity contribution in [1.29, 1.82) is 0 Å². The maximum Gasteiger partial charge on any atom is 0.139 e. The van der Waals surface area contributed by atoms with Crippen molar-refractivity contribution in [1.82, 2.24) is 55.6 Å². The first kappa shape index (κ1) is 45.6. The van der Waals surface area contributed by atoms with E-state index in [0.29, 0.717) is 5.92 Å². The number of fused-ring (bicyclic) bond motifs is 4. The third-order valence-electron chi connectivity index (χ3n) is 14.3. The predicted molar refractivity (Wildman–Crippen MR) is 291 cm³/mol. The first-order chi connectivity index (χ1) is 34.9. The number of rotatable bonds is 13. The lowest BCUT2D eigenvalue weighted by molar-refractivity contribution is 0.579. The molecule has 1 atom stereocenters. The van der Waals surface area contributed by atoms with Crippen molar-refractivity contribution in [2.24, 2.45) is 5.92 Å². The van der Waals surface area contributed by atoms with Crippen LogP contribution >= 0.6 is 0 Å². The number of H-pyrrole nitrogens is 4. The topological polar surface area (TPSA) is 171 Å². The summed E-state index contributed by atoms with van der Waals surface area (Å²) in [5.74, 6) is 0.398. The lowest BCUT2D eigenvalue weighted by Gasteiger charge is -2.29. The predicted octanol–water partition coefficient (Wildman–Crippen LogP) is 12.4. The molecular formula is C57H62N14. The van der Waals surface area contributed by atoms with E-state index in [-0.39, 0.29) is 0 Å². The van der Waals surface area contributed by atoms with Gasteiger partial charge in [-0.15, -0.1) is 0 Å². The zero-order valence-corrected chi connectivity index (χ0v) is 40.9. The largest absolute Gasteiger partial charge is 0.371 e. The van der Waals surface area contributed by atoms with Gasteiger partial charge in [-0.3, -0.25) is 20.2 Å². The Bertz CT molecular complexity index is 3470. The fourth-order valence-corrected chi connectivity index (χ4v) is 10.1. The van der Waals surface area contributed by atoms with Crippen LogP contribution in [0.15, 0.2) is 122 Å². The molecule has 2 fully saturated rings. The zero-order chi connectivity index (χ0) is 48.3. The minimum Gasteiger partial charge on any atom is -0.371 e. The van der Waals surface area contributed by atoms with Crippen LogP contribution in [0.4, 0.5) is 17.1 Å². The van der Waals surface area contributed by atoms with E-state index < -0.39 is 0 Å². The zero-order valence-electron chi connectivity index (χ0n) is 40.9. The maximum atomic E-state index is 4.69. The fourth-order valence-electron chi connectivity index (χ4n) is 10.1. The van der Waals surface area contributed by atoms with Gasteiger partial charge in [0.05, 0.1) is 34.3 Å². The number of nitrogens with one attached hydrogen (secondary N) is 6. The molecule has 6 N–H and O–H groups in total. The number of anilines is 3. The standard InChI is InChI=1S/C30H33N7.C27H29N7/c1-4-19(2)20(3)33-23-14-22(17-31-18-23)21-8-9-26-24(15-21)29(36-35-26)27-16-25-28(10-11-32-30(25)34-27)37-12-6-5-7-13-37;1-2-28-15-18-12-20(17-29-16-18)19-6-7-23-21(13-19)26(33-32-23)24-14-22-25(8-9-30-27(22)31-24)34-10-4-3-5-11-34/h8-11,14-19,33H,3-7,12-13H2,1-2H3,(H,32,34)(H,35,36);6-9,12-14,16-17,28H,2-5,10-11,15H2,1H3,(H,30,31)(H,32,33). The number of pyridine rings is 4. The van der Waals surface area contributed by atoms with Crippen molar-refractivity contribution in [2.75, 3.05) is 47.8 Å². The number of allylic oxidation sites excluding steroid dienone is 1. The molecule has 0 amide bonds. The lowest BCUT2D eigenvalue weighted by atomic mass is 10.0. The summed E-state index contributed by atoms with van der Waals surface area (Å²) in [6.07, 6.45) is 20.0. The van der Waals surface area contributed by atoms with E-state index in [1.54, 1.807) is 0 Å². The van der Waals surface area contributed by atoms with Crippen LogP contribution in [0, 0.1) is 5.92 Å². The number of piperidine rings is 2. The Labute approximate surface area is 413 Å². The molecule has 1 unspecified atom stereocenters. The minimum atomic E-state index is 0.398. The van der Waals surface area contributed by atoms with Gasteiger partial charge in [0.2, 0.25) is 0 Å². The van der Waals surface area contributed by atoms with Gasteiger partial charge in [-0.05, 0) is 135 Å². The number of aromatic nitrogens is 10. The van der Waals surface area contributed by atoms with Crippen LogP contribution in [0.5, 0.6) is 0 Å². The molecule has 2 saturated heterocycles. The van der Waals surface area contributed by atoms with Crippen molar-refractivity contribution < 1.29 is 0 Å². The van der Waals surface area contributed by atoms with E-state index in [1.807, 2.05) is 37.2 Å². The monoisotopic (exact) mass is 943 g/mol. The van der Waals surface area contributed by atoms with Gasteiger partial charge in [0.1, 0.15) is 22.7 Å². The van der Waals surface area contributed by atoms with Gasteiger partial charge in [0.15, 0.2) is 0 Å². The smallest absolute Gasteiger partial charge is 0.139 e. The highest BCUT2D eigenvalue weighted by Gasteiger charge is 2.21. The molecule has 2 aromatic carbocycles. The Kier molecular flexibility index (Phi) is 13.0. The Balaban J connectivity index is 0.000000155. The number of aromatic amines is 4. The molecule has 0 radical (unpaired) electrons. The lowest BCUT2D eigenvalue weighted by Crippen LogP contribution is -2.29. The highest BCUT2D eigenvalue weighted by Crippen LogP contribution is 2.37. The first-order valence-corrected chi connectivity index (χ1v) is 25.4. The van der Waals surface area contributed by atoms with Crippen LogP contribution in [0.25, 0.3) is 88.9 Å². The quantitative estimate of drug-likeness (QED) is 0.0654. The third kappa shape index (κ3) is 9.47. The molecule has 2 aliphatic heterocycles. The Morgan fingerprint density at radius 1 is 0.606 bits per heavy atom. The number of benzene rings is 2. The molecule has 360 valence electrons. The van der Waals surface area contributed by atoms with Crippen LogP contribution in [0.3, 0.4) is 0 Å². The molecule has 0 saturated carbocycles. The SMILES string of the molecule is C=C(Nc1cncc(-c2ccc3[nH]nc(-c4cc5c(N6CCCCC6)ccnc5[nH]4)c3c2)c1)C(C)CC.CCNCc1cncc(-c2ccc3[nH]nc(-c4cc5c(N6CCCCC6)ccnc5[nH]4)c3c2)c1. The summed E-state index contributed by atoms with van der Waals surface area (Å²) in [6, 6.07) is 25.8. The van der Waals surface area contributed by atoms with E-state index in [0.717, 1.165) is 146 Å². The van der Waals surface area contributed by atoms with Gasteiger partial charge in [0, 0.05) is 113 Å². The van der Waals surface area contributed by atoms with Gasteiger partial charge in [-0.2, -0.15) is 10.2 Å². The third-order valence-corrected chi connectivity index (χ3v) is 14.3. The molecule has 2 aliphatic rings. The van der Waals surface area contributed by atoms with Gasteiger partial charge < -0.3 is 30.4 Å². The van der Waals surface area contributed by atoms with Crippen LogP contribution in [0.2, 0.25) is 0 Å². The maximum absolute atomic E-state index is 4.69. The van der Waals surface area contributed by atoms with Crippen molar-refractivity contribution in [3.8, 4) is 45.0 Å². The normalized spacial score (nSPS) is 14.6. The number of nitrogens with zero attached hydrogens (tertiary/aromatic N) is 8. The van der Waals surface area contributed by atoms with Crippen molar-refractivity contribution in [2.45, 2.75) is 72.3 Å². The molecule has 10 heterocycles. The summed E-state index contributed by atoms with van der Waals surface area (Å²) in [4.78, 5) is 30.2. The van der Waals surface area contributed by atoms with Crippen LogP contribution in [0.1, 0.15) is 71.3 Å². The molecule has 14 nitrogen and oxygen atoms in total. The number of hydrogen-bond acceptors (Lipinski definition) is 10. The van der Waals surface area contributed by atoms with Crippen LogP contribution < -0.4 is 20.4 Å². The minimum absolute atomic E-state index is 0.398. The van der Waals surface area contributed by atoms with E-state index in [9.17, 15) is 0 Å². The van der Waals surface area contributed by atoms with E-state index in [4.69, 9.17) is 0 Å². The van der Waals surface area contributed by atoms with Crippen LogP contribution in [-0.2, 0) is 6.54 Å². The van der Waals surface area contributed by atoms with E-state index in [2.05, 4.69) is 171 Å². The molecule has 71 heavy (non-hydrogen) atoms. The second-order valence-electron chi connectivity index (χ2n) is 19.1. The van der Waals surface area contributed by atoms with Crippen molar-refractivity contribution in [3.63, 3.8) is 0 Å².